The topological polar surface area (TPSA) is 51.1 Å². The number of hydrogen-bond donors (Lipinski definition) is 1. The van der Waals surface area contributed by atoms with Crippen LogP contribution in [0.4, 0.5) is 5.82 Å². The summed E-state index contributed by atoms with van der Waals surface area (Å²) in [7, 11) is 0. The van der Waals surface area contributed by atoms with Crippen molar-refractivity contribution in [2.24, 2.45) is 0 Å². The Morgan fingerprint density at radius 2 is 1.77 bits per heavy atom. The van der Waals surface area contributed by atoms with E-state index in [0.717, 1.165) is 22.8 Å². The van der Waals surface area contributed by atoms with Crippen LogP contribution in [0.2, 0.25) is 0 Å². The predicted octanol–water partition coefficient (Wildman–Crippen LogP) is 4.82. The minimum Gasteiger partial charge on any atom is -0.322 e. The highest BCUT2D eigenvalue weighted by atomic mass is 32.1. The SMILES string of the molecule is O=Cc1c(NC(=O)c2cccs2)n(Cc2ccccc2)c2ccccc12. The summed E-state index contributed by atoms with van der Waals surface area (Å²) in [6.07, 6.45) is 0.813. The molecule has 4 rings (SSSR count). The van der Waals surface area contributed by atoms with Crippen molar-refractivity contribution in [3.63, 3.8) is 0 Å². The van der Waals surface area contributed by atoms with Gasteiger partial charge in [0.05, 0.1) is 16.0 Å². The summed E-state index contributed by atoms with van der Waals surface area (Å²) in [6.45, 7) is 0.565. The Balaban J connectivity index is 1.84. The molecule has 1 N–H and O–H groups in total. The van der Waals surface area contributed by atoms with Gasteiger partial charge in [-0.05, 0) is 23.1 Å². The van der Waals surface area contributed by atoms with Gasteiger partial charge in [-0.15, -0.1) is 11.3 Å². The molecule has 0 saturated carbocycles. The first-order valence-electron chi connectivity index (χ1n) is 8.23. The van der Waals surface area contributed by atoms with Gasteiger partial charge in [0.15, 0.2) is 6.29 Å². The standard InChI is InChI=1S/C21H16N2O2S/c24-14-17-16-9-4-5-10-18(16)23(13-15-7-2-1-3-8-15)20(17)22-21(25)19-11-6-12-26-19/h1-12,14H,13H2,(H,22,25). The van der Waals surface area contributed by atoms with Gasteiger partial charge in [-0.3, -0.25) is 9.59 Å². The zero-order valence-corrected chi connectivity index (χ0v) is 14.7. The lowest BCUT2D eigenvalue weighted by Gasteiger charge is -2.12. The molecule has 0 radical (unpaired) electrons. The largest absolute Gasteiger partial charge is 0.322 e. The summed E-state index contributed by atoms with van der Waals surface area (Å²) < 4.78 is 1.99. The summed E-state index contributed by atoms with van der Waals surface area (Å²) in [4.78, 5) is 25.0. The van der Waals surface area contributed by atoms with Gasteiger partial charge in [0, 0.05) is 11.9 Å². The van der Waals surface area contributed by atoms with E-state index in [-0.39, 0.29) is 5.91 Å². The molecule has 2 heterocycles. The Hall–Kier alpha value is -3.18. The maximum Gasteiger partial charge on any atom is 0.266 e. The van der Waals surface area contributed by atoms with Crippen LogP contribution in [0.5, 0.6) is 0 Å². The van der Waals surface area contributed by atoms with Crippen LogP contribution in [0.1, 0.15) is 25.6 Å². The van der Waals surface area contributed by atoms with E-state index in [4.69, 9.17) is 0 Å². The van der Waals surface area contributed by atoms with Crippen molar-refractivity contribution in [2.45, 2.75) is 6.54 Å². The minimum absolute atomic E-state index is 0.208. The monoisotopic (exact) mass is 360 g/mol. The number of nitrogens with one attached hydrogen (secondary N) is 1. The van der Waals surface area contributed by atoms with Gasteiger partial charge in [0.1, 0.15) is 5.82 Å². The van der Waals surface area contributed by atoms with Gasteiger partial charge in [-0.1, -0.05) is 54.6 Å². The Bertz CT molecular complexity index is 1070. The van der Waals surface area contributed by atoms with Crippen molar-refractivity contribution >= 4 is 40.3 Å². The van der Waals surface area contributed by atoms with Crippen molar-refractivity contribution in [3.8, 4) is 0 Å². The first kappa shape index (κ1) is 16.3. The highest BCUT2D eigenvalue weighted by molar-refractivity contribution is 7.12. The van der Waals surface area contributed by atoms with Crippen LogP contribution in [0.25, 0.3) is 10.9 Å². The van der Waals surface area contributed by atoms with E-state index in [1.165, 1.54) is 11.3 Å². The molecule has 0 bridgehead atoms. The van der Waals surface area contributed by atoms with Gasteiger partial charge in [0.2, 0.25) is 0 Å². The van der Waals surface area contributed by atoms with Crippen LogP contribution in [-0.4, -0.2) is 16.8 Å². The number of carbonyl (C=O) groups is 2. The van der Waals surface area contributed by atoms with Crippen LogP contribution in [-0.2, 0) is 6.54 Å². The normalized spacial score (nSPS) is 10.8. The molecule has 4 nitrogen and oxygen atoms in total. The van der Waals surface area contributed by atoms with Gasteiger partial charge in [-0.25, -0.2) is 0 Å². The smallest absolute Gasteiger partial charge is 0.266 e. The first-order chi connectivity index (χ1) is 12.8. The van der Waals surface area contributed by atoms with E-state index < -0.39 is 0 Å². The van der Waals surface area contributed by atoms with Gasteiger partial charge < -0.3 is 9.88 Å². The number of hydrogen-bond acceptors (Lipinski definition) is 3. The summed E-state index contributed by atoms with van der Waals surface area (Å²) in [6, 6.07) is 21.3. The van der Waals surface area contributed by atoms with E-state index in [9.17, 15) is 9.59 Å². The Morgan fingerprint density at radius 1 is 1.00 bits per heavy atom. The number of fused-ring (bicyclic) bond motifs is 1. The first-order valence-corrected chi connectivity index (χ1v) is 9.11. The molecule has 2 aromatic carbocycles. The Kier molecular flexibility index (Phi) is 4.37. The van der Waals surface area contributed by atoms with Crippen LogP contribution >= 0.6 is 11.3 Å². The number of amides is 1. The molecule has 0 fully saturated rings. The number of aldehydes is 1. The summed E-state index contributed by atoms with van der Waals surface area (Å²) in [5, 5.41) is 5.63. The van der Waals surface area contributed by atoms with Crippen molar-refractivity contribution in [1.29, 1.82) is 0 Å². The van der Waals surface area contributed by atoms with E-state index in [1.54, 1.807) is 6.07 Å². The number of aromatic nitrogens is 1. The summed E-state index contributed by atoms with van der Waals surface area (Å²) in [5.74, 6) is 0.323. The maximum atomic E-state index is 12.6. The van der Waals surface area contributed by atoms with Crippen molar-refractivity contribution in [1.82, 2.24) is 4.57 Å². The number of rotatable bonds is 5. The second-order valence-electron chi connectivity index (χ2n) is 5.90. The number of nitrogens with zero attached hydrogens (tertiary/aromatic N) is 1. The second kappa shape index (κ2) is 6.98. The third-order valence-electron chi connectivity index (χ3n) is 4.29. The van der Waals surface area contributed by atoms with Crippen LogP contribution in [0, 0.1) is 0 Å². The van der Waals surface area contributed by atoms with Crippen molar-refractivity contribution in [2.75, 3.05) is 5.32 Å². The zero-order chi connectivity index (χ0) is 17.9. The van der Waals surface area contributed by atoms with E-state index in [0.29, 0.717) is 22.8 Å². The third kappa shape index (κ3) is 2.93. The molecule has 0 atom stereocenters. The van der Waals surface area contributed by atoms with E-state index in [2.05, 4.69) is 5.32 Å². The molecular formula is C21H16N2O2S. The van der Waals surface area contributed by atoms with E-state index >= 15 is 0 Å². The number of anilines is 1. The number of thiophene rings is 1. The molecule has 0 saturated heterocycles. The molecule has 4 aromatic rings. The van der Waals surface area contributed by atoms with Crippen molar-refractivity contribution < 1.29 is 9.59 Å². The lowest BCUT2D eigenvalue weighted by Crippen LogP contribution is -2.15. The fraction of sp³-hybridized carbons (Fsp3) is 0.0476. The maximum absolute atomic E-state index is 12.6. The molecule has 26 heavy (non-hydrogen) atoms. The molecule has 0 aliphatic rings. The summed E-state index contributed by atoms with van der Waals surface area (Å²) >= 11 is 1.37. The fourth-order valence-corrected chi connectivity index (χ4v) is 3.71. The average Bonchev–Trinajstić information content (AvgIpc) is 3.30. The average molecular weight is 360 g/mol. The number of benzene rings is 2. The minimum atomic E-state index is -0.208. The lowest BCUT2D eigenvalue weighted by molar-refractivity contribution is 0.103. The Labute approximate surface area is 154 Å². The zero-order valence-electron chi connectivity index (χ0n) is 13.9. The number of para-hydroxylation sites is 1. The highest BCUT2D eigenvalue weighted by Crippen LogP contribution is 2.30. The summed E-state index contributed by atoms with van der Waals surface area (Å²) in [5.41, 5.74) is 2.51. The quantitative estimate of drug-likeness (QED) is 0.519. The van der Waals surface area contributed by atoms with Crippen molar-refractivity contribution in [3.05, 3.63) is 88.1 Å². The van der Waals surface area contributed by atoms with Gasteiger partial charge >= 0.3 is 0 Å². The molecule has 2 aromatic heterocycles. The van der Waals surface area contributed by atoms with Crippen LogP contribution < -0.4 is 5.32 Å². The molecule has 1 amide bonds. The molecule has 0 aliphatic heterocycles. The predicted molar refractivity (Wildman–Crippen MR) is 105 cm³/mol. The third-order valence-corrected chi connectivity index (χ3v) is 5.16. The second-order valence-corrected chi connectivity index (χ2v) is 6.85. The molecule has 0 aliphatic carbocycles. The molecular weight excluding hydrogens is 344 g/mol. The molecule has 0 unspecified atom stereocenters. The number of carbonyl (C=O) groups excluding carboxylic acids is 2. The lowest BCUT2D eigenvalue weighted by atomic mass is 10.2. The Morgan fingerprint density at radius 3 is 2.50 bits per heavy atom. The van der Waals surface area contributed by atoms with Gasteiger partial charge in [0.25, 0.3) is 5.91 Å². The van der Waals surface area contributed by atoms with E-state index in [1.807, 2.05) is 70.6 Å². The van der Waals surface area contributed by atoms with Crippen LogP contribution in [0.3, 0.4) is 0 Å². The molecule has 5 heteroatoms. The molecule has 128 valence electrons. The molecule has 0 spiro atoms. The van der Waals surface area contributed by atoms with Crippen LogP contribution in [0.15, 0.2) is 72.1 Å². The fourth-order valence-electron chi connectivity index (χ4n) is 3.09. The van der Waals surface area contributed by atoms with Gasteiger partial charge in [-0.2, -0.15) is 0 Å². The highest BCUT2D eigenvalue weighted by Gasteiger charge is 2.19.